The van der Waals surface area contributed by atoms with Crippen molar-refractivity contribution in [2.24, 2.45) is 5.92 Å². The third kappa shape index (κ3) is 4.16. The number of Topliss-reactive ketones (excluding diaryl/α,β-unsaturated/α-hetero) is 1. The lowest BCUT2D eigenvalue weighted by Gasteiger charge is -2.38. The standard InChI is InChI=1S/C30H25F4NO3/c31-18-9-12-25(27(15-18)30(32,33)34)28(36)17-13-19-10-11-20(14-17)35(19)29(37)38-16-26-23-7-3-1-5-21(23)22-6-2-4-8-24(22)26/h1-9,12,15,17,19-20,26H,10-11,13-14,16H2. The second-order valence-electron chi connectivity index (χ2n) is 10.3. The van der Waals surface area contributed by atoms with Gasteiger partial charge in [-0.05, 0) is 66.1 Å². The molecule has 2 saturated heterocycles. The number of hydrogen-bond donors (Lipinski definition) is 0. The molecule has 196 valence electrons. The topological polar surface area (TPSA) is 46.6 Å². The zero-order valence-corrected chi connectivity index (χ0v) is 20.4. The van der Waals surface area contributed by atoms with Crippen LogP contribution in [0.1, 0.15) is 58.6 Å². The van der Waals surface area contributed by atoms with Crippen LogP contribution < -0.4 is 0 Å². The first-order chi connectivity index (χ1) is 18.2. The molecule has 2 bridgehead atoms. The highest BCUT2D eigenvalue weighted by Crippen LogP contribution is 2.45. The molecule has 0 spiro atoms. The van der Waals surface area contributed by atoms with Gasteiger partial charge in [-0.3, -0.25) is 4.79 Å². The maximum Gasteiger partial charge on any atom is 0.417 e. The van der Waals surface area contributed by atoms with Crippen LogP contribution in [0.3, 0.4) is 0 Å². The predicted molar refractivity (Wildman–Crippen MR) is 132 cm³/mol. The summed E-state index contributed by atoms with van der Waals surface area (Å²) in [5.74, 6) is -2.44. The van der Waals surface area contributed by atoms with Crippen molar-refractivity contribution in [2.75, 3.05) is 6.61 Å². The van der Waals surface area contributed by atoms with Gasteiger partial charge in [-0.1, -0.05) is 48.5 Å². The van der Waals surface area contributed by atoms with Crippen molar-refractivity contribution in [2.45, 2.75) is 49.9 Å². The first-order valence-electron chi connectivity index (χ1n) is 12.8. The molecule has 2 atom stereocenters. The highest BCUT2D eigenvalue weighted by atomic mass is 19.4. The summed E-state index contributed by atoms with van der Waals surface area (Å²) in [6.07, 6.45) is -3.46. The Morgan fingerprint density at radius 3 is 2.03 bits per heavy atom. The summed E-state index contributed by atoms with van der Waals surface area (Å²) in [5, 5.41) is 0. The number of alkyl halides is 3. The Bertz CT molecular complexity index is 1360. The maximum atomic E-state index is 13.5. The third-order valence-corrected chi connectivity index (χ3v) is 8.20. The van der Waals surface area contributed by atoms with Gasteiger partial charge in [0.15, 0.2) is 5.78 Å². The summed E-state index contributed by atoms with van der Waals surface area (Å²) in [6, 6.07) is 17.7. The number of hydrogen-bond acceptors (Lipinski definition) is 3. The van der Waals surface area contributed by atoms with E-state index in [-0.39, 0.29) is 37.5 Å². The fraction of sp³-hybridized carbons (Fsp3) is 0.333. The van der Waals surface area contributed by atoms with Crippen LogP contribution in [0.25, 0.3) is 11.1 Å². The van der Waals surface area contributed by atoms with Crippen LogP contribution in [0.15, 0.2) is 66.7 Å². The number of ether oxygens (including phenoxy) is 1. The van der Waals surface area contributed by atoms with Crippen LogP contribution in [0.5, 0.6) is 0 Å². The summed E-state index contributed by atoms with van der Waals surface area (Å²) in [4.78, 5) is 28.1. The molecule has 1 aliphatic carbocycles. The van der Waals surface area contributed by atoms with Gasteiger partial charge in [-0.2, -0.15) is 13.2 Å². The Kier molecular flexibility index (Phi) is 6.00. The molecule has 4 nitrogen and oxygen atoms in total. The van der Waals surface area contributed by atoms with Gasteiger partial charge in [0.25, 0.3) is 0 Å². The quantitative estimate of drug-likeness (QED) is 0.268. The normalized spacial score (nSPS) is 22.2. The van der Waals surface area contributed by atoms with Crippen molar-refractivity contribution in [3.05, 3.63) is 94.8 Å². The van der Waals surface area contributed by atoms with Crippen molar-refractivity contribution in [3.8, 4) is 11.1 Å². The second kappa shape index (κ2) is 9.26. The van der Waals surface area contributed by atoms with E-state index in [1.54, 1.807) is 4.90 Å². The zero-order chi connectivity index (χ0) is 26.6. The summed E-state index contributed by atoms with van der Waals surface area (Å²) >= 11 is 0. The predicted octanol–water partition coefficient (Wildman–Crippen LogP) is 7.22. The van der Waals surface area contributed by atoms with E-state index in [0.717, 1.165) is 34.4 Å². The lowest BCUT2D eigenvalue weighted by molar-refractivity contribution is -0.138. The molecule has 0 saturated carbocycles. The van der Waals surface area contributed by atoms with E-state index >= 15 is 0 Å². The van der Waals surface area contributed by atoms with Crippen molar-refractivity contribution in [1.29, 1.82) is 0 Å². The van der Waals surface area contributed by atoms with Crippen molar-refractivity contribution >= 4 is 11.9 Å². The number of amides is 1. The molecule has 0 radical (unpaired) electrons. The van der Waals surface area contributed by atoms with E-state index in [4.69, 9.17) is 4.74 Å². The molecule has 1 amide bonds. The average Bonchev–Trinajstić information content (AvgIpc) is 3.36. The van der Waals surface area contributed by atoms with Gasteiger partial charge in [0.2, 0.25) is 0 Å². The minimum absolute atomic E-state index is 0.0811. The van der Waals surface area contributed by atoms with Crippen molar-refractivity contribution in [1.82, 2.24) is 4.90 Å². The van der Waals surface area contributed by atoms with Gasteiger partial charge in [0, 0.05) is 29.5 Å². The minimum atomic E-state index is -4.84. The monoisotopic (exact) mass is 523 g/mol. The Morgan fingerprint density at radius 2 is 1.45 bits per heavy atom. The molecule has 3 aliphatic rings. The van der Waals surface area contributed by atoms with E-state index in [0.29, 0.717) is 18.9 Å². The Labute approximate surface area is 217 Å². The summed E-state index contributed by atoms with van der Waals surface area (Å²) in [5.41, 5.74) is 2.69. The van der Waals surface area contributed by atoms with Gasteiger partial charge in [0.05, 0.1) is 5.56 Å². The molecule has 2 unspecified atom stereocenters. The zero-order valence-electron chi connectivity index (χ0n) is 20.4. The summed E-state index contributed by atoms with van der Waals surface area (Å²) < 4.78 is 59.9. The Hall–Kier alpha value is -3.68. The Morgan fingerprint density at radius 1 is 0.868 bits per heavy atom. The lowest BCUT2D eigenvalue weighted by Crippen LogP contribution is -2.48. The van der Waals surface area contributed by atoms with E-state index < -0.39 is 40.9 Å². The first-order valence-corrected chi connectivity index (χ1v) is 12.8. The van der Waals surface area contributed by atoms with Crippen molar-refractivity contribution < 1.29 is 31.9 Å². The molecule has 2 heterocycles. The van der Waals surface area contributed by atoms with Crippen LogP contribution in [0.4, 0.5) is 22.4 Å². The minimum Gasteiger partial charge on any atom is -0.448 e. The van der Waals surface area contributed by atoms with Gasteiger partial charge >= 0.3 is 12.3 Å². The molecule has 3 aromatic carbocycles. The SMILES string of the molecule is O=C(c1ccc(F)cc1C(F)(F)F)C1CC2CCC(C1)N2C(=O)OCC1c2ccccc2-c2ccccc21. The number of nitrogens with zero attached hydrogens (tertiary/aromatic N) is 1. The molecule has 38 heavy (non-hydrogen) atoms. The number of fused-ring (bicyclic) bond motifs is 5. The molecule has 3 aromatic rings. The van der Waals surface area contributed by atoms with Crippen molar-refractivity contribution in [3.63, 3.8) is 0 Å². The van der Waals surface area contributed by atoms with Crippen LogP contribution in [0, 0.1) is 11.7 Å². The number of halogens is 4. The number of benzene rings is 3. The highest BCUT2D eigenvalue weighted by molar-refractivity contribution is 5.99. The molecular formula is C30H25F4NO3. The van der Waals surface area contributed by atoms with Gasteiger partial charge in [-0.15, -0.1) is 0 Å². The van der Waals surface area contributed by atoms with Gasteiger partial charge < -0.3 is 9.64 Å². The summed E-state index contributed by atoms with van der Waals surface area (Å²) in [7, 11) is 0. The molecule has 0 N–H and O–H groups in total. The summed E-state index contributed by atoms with van der Waals surface area (Å²) in [6.45, 7) is 0.176. The van der Waals surface area contributed by atoms with Crippen LogP contribution in [0.2, 0.25) is 0 Å². The fourth-order valence-corrected chi connectivity index (χ4v) is 6.54. The lowest BCUT2D eigenvalue weighted by atomic mass is 9.83. The first kappa shape index (κ1) is 24.6. The number of rotatable bonds is 4. The van der Waals surface area contributed by atoms with E-state index in [1.807, 2.05) is 36.4 Å². The average molecular weight is 524 g/mol. The number of carbonyl (C=O) groups is 2. The van der Waals surface area contributed by atoms with Gasteiger partial charge in [0.1, 0.15) is 12.4 Å². The van der Waals surface area contributed by atoms with E-state index in [1.165, 1.54) is 0 Å². The molecular weight excluding hydrogens is 498 g/mol. The van der Waals surface area contributed by atoms with Gasteiger partial charge in [-0.25, -0.2) is 9.18 Å². The molecule has 2 aliphatic heterocycles. The van der Waals surface area contributed by atoms with Crippen LogP contribution in [-0.4, -0.2) is 35.5 Å². The maximum absolute atomic E-state index is 13.5. The third-order valence-electron chi connectivity index (χ3n) is 8.20. The molecule has 0 aromatic heterocycles. The van der Waals surface area contributed by atoms with E-state index in [9.17, 15) is 27.2 Å². The number of piperidine rings is 1. The fourth-order valence-electron chi connectivity index (χ4n) is 6.54. The van der Waals surface area contributed by atoms with E-state index in [2.05, 4.69) is 12.1 Å². The number of ketones is 1. The molecule has 6 rings (SSSR count). The Balaban J connectivity index is 1.16. The highest BCUT2D eigenvalue weighted by Gasteiger charge is 2.47. The molecule has 8 heteroatoms. The largest absolute Gasteiger partial charge is 0.448 e. The molecule has 2 fully saturated rings. The second-order valence-corrected chi connectivity index (χ2v) is 10.3. The number of carbonyl (C=O) groups excluding carboxylic acids is 2. The van der Waals surface area contributed by atoms with Crippen LogP contribution >= 0.6 is 0 Å². The van der Waals surface area contributed by atoms with Crippen LogP contribution in [-0.2, 0) is 10.9 Å². The smallest absolute Gasteiger partial charge is 0.417 e.